The van der Waals surface area contributed by atoms with Gasteiger partial charge in [0.25, 0.3) is 0 Å². The maximum atomic E-state index is 12.4. The second kappa shape index (κ2) is 6.85. The van der Waals surface area contributed by atoms with E-state index in [1.165, 1.54) is 5.56 Å². The van der Waals surface area contributed by atoms with Crippen LogP contribution in [0.2, 0.25) is 0 Å². The van der Waals surface area contributed by atoms with E-state index in [0.29, 0.717) is 13.1 Å². The highest BCUT2D eigenvalue weighted by atomic mass is 16.2. The zero-order valence-corrected chi connectivity index (χ0v) is 13.1. The molecular weight excluding hydrogens is 264 g/mol. The van der Waals surface area contributed by atoms with Gasteiger partial charge in [0.2, 0.25) is 5.91 Å². The molecule has 1 aliphatic rings. The van der Waals surface area contributed by atoms with Gasteiger partial charge < -0.3 is 5.32 Å². The van der Waals surface area contributed by atoms with Crippen molar-refractivity contribution in [2.45, 2.75) is 26.7 Å². The Morgan fingerprint density at radius 2 is 2.10 bits per heavy atom. The molecule has 1 N–H and O–H groups in total. The number of hydrogen-bond acceptors (Lipinski definition) is 3. The van der Waals surface area contributed by atoms with Crippen molar-refractivity contribution in [2.75, 3.05) is 26.7 Å². The number of hydrogen-bond donors (Lipinski definition) is 1. The van der Waals surface area contributed by atoms with Crippen LogP contribution in [-0.4, -0.2) is 43.3 Å². The van der Waals surface area contributed by atoms with Crippen LogP contribution in [0.1, 0.15) is 34.3 Å². The van der Waals surface area contributed by atoms with Crippen molar-refractivity contribution in [3.8, 4) is 0 Å². The SMILES string of the molecule is CNC(=O)C1CCCN(CC(=O)c2ccc(C)cc2C)C1. The lowest BCUT2D eigenvalue weighted by Gasteiger charge is -2.31. The number of piperidine rings is 1. The molecule has 0 aromatic heterocycles. The first-order valence-corrected chi connectivity index (χ1v) is 7.55. The highest BCUT2D eigenvalue weighted by Gasteiger charge is 2.26. The van der Waals surface area contributed by atoms with Crippen LogP contribution in [0.5, 0.6) is 0 Å². The van der Waals surface area contributed by atoms with Crippen molar-refractivity contribution < 1.29 is 9.59 Å². The van der Waals surface area contributed by atoms with E-state index in [2.05, 4.69) is 10.2 Å². The van der Waals surface area contributed by atoms with E-state index in [1.807, 2.05) is 32.0 Å². The first-order chi connectivity index (χ1) is 10.0. The monoisotopic (exact) mass is 288 g/mol. The number of rotatable bonds is 4. The molecule has 0 spiro atoms. The number of benzene rings is 1. The molecule has 1 heterocycles. The molecule has 114 valence electrons. The Labute approximate surface area is 126 Å². The third-order valence-electron chi connectivity index (χ3n) is 4.17. The molecule has 1 amide bonds. The maximum absolute atomic E-state index is 12.4. The standard InChI is InChI=1S/C17H24N2O2/c1-12-6-7-15(13(2)9-12)16(20)11-19-8-4-5-14(10-19)17(21)18-3/h6-7,9,14H,4-5,8,10-11H2,1-3H3,(H,18,21). The van der Waals surface area contributed by atoms with E-state index in [4.69, 9.17) is 0 Å². The fourth-order valence-electron chi connectivity index (χ4n) is 3.03. The zero-order valence-electron chi connectivity index (χ0n) is 13.1. The van der Waals surface area contributed by atoms with E-state index in [9.17, 15) is 9.59 Å². The second-order valence-corrected chi connectivity index (χ2v) is 5.93. The van der Waals surface area contributed by atoms with Gasteiger partial charge in [-0.15, -0.1) is 0 Å². The van der Waals surface area contributed by atoms with E-state index in [-0.39, 0.29) is 17.6 Å². The van der Waals surface area contributed by atoms with Crippen LogP contribution < -0.4 is 5.32 Å². The number of aryl methyl sites for hydroxylation is 2. The molecule has 4 heteroatoms. The van der Waals surface area contributed by atoms with Crippen LogP contribution in [0.4, 0.5) is 0 Å². The maximum Gasteiger partial charge on any atom is 0.224 e. The Bertz CT molecular complexity index is 540. The Kier molecular flexibility index (Phi) is 5.12. The Morgan fingerprint density at radius 1 is 1.33 bits per heavy atom. The third-order valence-corrected chi connectivity index (χ3v) is 4.17. The first-order valence-electron chi connectivity index (χ1n) is 7.55. The molecule has 4 nitrogen and oxygen atoms in total. The zero-order chi connectivity index (χ0) is 15.4. The molecule has 1 aromatic rings. The summed E-state index contributed by atoms with van der Waals surface area (Å²) < 4.78 is 0. The number of carbonyl (C=O) groups is 2. The van der Waals surface area contributed by atoms with Gasteiger partial charge in [-0.1, -0.05) is 23.8 Å². The molecule has 1 atom stereocenters. The third kappa shape index (κ3) is 3.91. The first kappa shape index (κ1) is 15.7. The number of amides is 1. The van der Waals surface area contributed by atoms with Crippen molar-refractivity contribution in [3.05, 3.63) is 34.9 Å². The van der Waals surface area contributed by atoms with Gasteiger partial charge in [-0.25, -0.2) is 0 Å². The number of carbonyl (C=O) groups excluding carboxylic acids is 2. The second-order valence-electron chi connectivity index (χ2n) is 5.93. The van der Waals surface area contributed by atoms with Gasteiger partial charge in [-0.2, -0.15) is 0 Å². The minimum atomic E-state index is 0.00987. The normalized spacial score (nSPS) is 19.3. The fourth-order valence-corrected chi connectivity index (χ4v) is 3.03. The van der Waals surface area contributed by atoms with Crippen molar-refractivity contribution in [3.63, 3.8) is 0 Å². The van der Waals surface area contributed by atoms with Gasteiger partial charge in [-0.05, 0) is 38.8 Å². The summed E-state index contributed by atoms with van der Waals surface area (Å²) in [5.74, 6) is 0.236. The summed E-state index contributed by atoms with van der Waals surface area (Å²) in [6.07, 6.45) is 1.88. The molecule has 0 radical (unpaired) electrons. The Balaban J connectivity index is 2.00. The van der Waals surface area contributed by atoms with Gasteiger partial charge in [0, 0.05) is 19.2 Å². The van der Waals surface area contributed by atoms with Gasteiger partial charge >= 0.3 is 0 Å². The summed E-state index contributed by atoms with van der Waals surface area (Å²) in [5, 5.41) is 2.71. The quantitative estimate of drug-likeness (QED) is 0.862. The van der Waals surface area contributed by atoms with Crippen molar-refractivity contribution in [1.82, 2.24) is 10.2 Å². The smallest absolute Gasteiger partial charge is 0.224 e. The van der Waals surface area contributed by atoms with Gasteiger partial charge in [0.05, 0.1) is 12.5 Å². The van der Waals surface area contributed by atoms with Crippen LogP contribution in [0.15, 0.2) is 18.2 Å². The van der Waals surface area contributed by atoms with E-state index >= 15 is 0 Å². The molecule has 0 bridgehead atoms. The van der Waals surface area contributed by atoms with Crippen LogP contribution in [0, 0.1) is 19.8 Å². The van der Waals surface area contributed by atoms with Crippen molar-refractivity contribution in [2.24, 2.45) is 5.92 Å². The molecular formula is C17H24N2O2. The van der Waals surface area contributed by atoms with Crippen LogP contribution >= 0.6 is 0 Å². The number of Topliss-reactive ketones (excluding diaryl/α,β-unsaturated/α-hetero) is 1. The molecule has 1 fully saturated rings. The van der Waals surface area contributed by atoms with E-state index < -0.39 is 0 Å². The lowest BCUT2D eigenvalue weighted by atomic mass is 9.96. The van der Waals surface area contributed by atoms with Crippen molar-refractivity contribution >= 4 is 11.7 Å². The predicted octanol–water partition coefficient (Wildman–Crippen LogP) is 1.94. The topological polar surface area (TPSA) is 49.4 Å². The molecule has 0 aliphatic carbocycles. The van der Waals surface area contributed by atoms with Crippen molar-refractivity contribution in [1.29, 1.82) is 0 Å². The average Bonchev–Trinajstić information content (AvgIpc) is 2.46. The average molecular weight is 288 g/mol. The van der Waals surface area contributed by atoms with E-state index in [0.717, 1.165) is 30.5 Å². The largest absolute Gasteiger partial charge is 0.359 e. The van der Waals surface area contributed by atoms with Gasteiger partial charge in [-0.3, -0.25) is 14.5 Å². The predicted molar refractivity (Wildman–Crippen MR) is 83.5 cm³/mol. The highest BCUT2D eigenvalue weighted by Crippen LogP contribution is 2.18. The van der Waals surface area contributed by atoms with Crippen LogP contribution in [0.3, 0.4) is 0 Å². The Hall–Kier alpha value is -1.68. The summed E-state index contributed by atoms with van der Waals surface area (Å²) in [5.41, 5.74) is 2.99. The molecule has 1 unspecified atom stereocenters. The molecule has 0 saturated carbocycles. The molecule has 21 heavy (non-hydrogen) atoms. The summed E-state index contributed by atoms with van der Waals surface area (Å²) in [4.78, 5) is 26.3. The molecule has 1 aromatic carbocycles. The summed E-state index contributed by atoms with van der Waals surface area (Å²) >= 11 is 0. The highest BCUT2D eigenvalue weighted by molar-refractivity contribution is 5.99. The van der Waals surface area contributed by atoms with Crippen LogP contribution in [-0.2, 0) is 4.79 Å². The molecule has 1 aliphatic heterocycles. The summed E-state index contributed by atoms with van der Waals surface area (Å²) in [6.45, 7) is 5.97. The lowest BCUT2D eigenvalue weighted by molar-refractivity contribution is -0.126. The van der Waals surface area contributed by atoms with Crippen LogP contribution in [0.25, 0.3) is 0 Å². The van der Waals surface area contributed by atoms with Gasteiger partial charge in [0.15, 0.2) is 5.78 Å². The molecule has 2 rings (SSSR count). The number of nitrogens with zero attached hydrogens (tertiary/aromatic N) is 1. The lowest BCUT2D eigenvalue weighted by Crippen LogP contribution is -2.44. The fraction of sp³-hybridized carbons (Fsp3) is 0.529. The number of ketones is 1. The van der Waals surface area contributed by atoms with Gasteiger partial charge in [0.1, 0.15) is 0 Å². The summed E-state index contributed by atoms with van der Waals surface area (Å²) in [6, 6.07) is 5.92. The Morgan fingerprint density at radius 3 is 2.76 bits per heavy atom. The molecule has 1 saturated heterocycles. The number of likely N-dealkylation sites (tertiary alicyclic amines) is 1. The minimum absolute atomic E-state index is 0.00987. The minimum Gasteiger partial charge on any atom is -0.359 e. The summed E-state index contributed by atoms with van der Waals surface area (Å²) in [7, 11) is 1.67. The number of nitrogens with one attached hydrogen (secondary N) is 1. The van der Waals surface area contributed by atoms with E-state index in [1.54, 1.807) is 7.05 Å².